The topological polar surface area (TPSA) is 78.7 Å². The summed E-state index contributed by atoms with van der Waals surface area (Å²) in [5.74, 6) is -0.475. The van der Waals surface area contributed by atoms with Crippen LogP contribution >= 0.6 is 0 Å². The van der Waals surface area contributed by atoms with Crippen LogP contribution in [0.3, 0.4) is 0 Å². The lowest BCUT2D eigenvalue weighted by molar-refractivity contribution is -0.385. The summed E-state index contributed by atoms with van der Waals surface area (Å²) in [5, 5.41) is 11.3. The van der Waals surface area contributed by atoms with Crippen molar-refractivity contribution in [2.75, 3.05) is 13.2 Å². The van der Waals surface area contributed by atoms with Crippen molar-refractivity contribution >= 4 is 11.7 Å². The zero-order valence-electron chi connectivity index (χ0n) is 19.5. The maximum atomic E-state index is 11.7. The predicted octanol–water partition coefficient (Wildman–Crippen LogP) is 7.43. The molecule has 1 radical (unpaired) electrons. The van der Waals surface area contributed by atoms with Gasteiger partial charge in [-0.1, -0.05) is 90.4 Å². The van der Waals surface area contributed by atoms with Gasteiger partial charge in [0.15, 0.2) is 5.75 Å². The summed E-state index contributed by atoms with van der Waals surface area (Å²) in [6, 6.07) is 5.24. The van der Waals surface area contributed by atoms with E-state index in [0.29, 0.717) is 6.61 Å². The lowest BCUT2D eigenvalue weighted by Gasteiger charge is -2.08. The van der Waals surface area contributed by atoms with E-state index in [1.54, 1.807) is 6.92 Å². The van der Waals surface area contributed by atoms with E-state index in [9.17, 15) is 14.9 Å². The van der Waals surface area contributed by atoms with E-state index in [2.05, 4.69) is 13.0 Å². The van der Waals surface area contributed by atoms with Crippen LogP contribution in [-0.2, 0) is 4.74 Å². The van der Waals surface area contributed by atoms with Crippen molar-refractivity contribution in [2.24, 2.45) is 0 Å². The Morgan fingerprint density at radius 3 is 1.90 bits per heavy atom. The van der Waals surface area contributed by atoms with Crippen molar-refractivity contribution in [1.82, 2.24) is 0 Å². The van der Waals surface area contributed by atoms with Crippen LogP contribution in [0.1, 0.15) is 114 Å². The van der Waals surface area contributed by atoms with Crippen LogP contribution in [0.2, 0.25) is 0 Å². The molecule has 0 aromatic heterocycles. The average Bonchev–Trinajstić information content (AvgIpc) is 2.76. The molecule has 0 unspecified atom stereocenters. The second-order valence-corrected chi connectivity index (χ2v) is 8.02. The molecule has 0 aliphatic rings. The van der Waals surface area contributed by atoms with Gasteiger partial charge in [0.1, 0.15) is 0 Å². The molecule has 175 valence electrons. The fourth-order valence-electron chi connectivity index (χ4n) is 3.53. The molecular weight excluding hydrogens is 394 g/mol. The maximum absolute atomic E-state index is 11.7. The summed E-state index contributed by atoms with van der Waals surface area (Å²) >= 11 is 0. The van der Waals surface area contributed by atoms with Gasteiger partial charge >= 0.3 is 11.7 Å². The van der Waals surface area contributed by atoms with Crippen molar-refractivity contribution < 1.29 is 19.2 Å². The summed E-state index contributed by atoms with van der Waals surface area (Å²) in [7, 11) is 0. The van der Waals surface area contributed by atoms with Crippen LogP contribution < -0.4 is 4.74 Å². The summed E-state index contributed by atoms with van der Waals surface area (Å²) in [6.07, 6.45) is 17.9. The number of hydrogen-bond donors (Lipinski definition) is 0. The predicted molar refractivity (Wildman–Crippen MR) is 124 cm³/mol. The fraction of sp³-hybridized carbons (Fsp3) is 0.720. The second-order valence-electron chi connectivity index (χ2n) is 8.02. The zero-order chi connectivity index (χ0) is 22.7. The highest BCUT2D eigenvalue weighted by Crippen LogP contribution is 2.28. The number of nitrogens with zero attached hydrogens (tertiary/aromatic N) is 1. The summed E-state index contributed by atoms with van der Waals surface area (Å²) in [4.78, 5) is 22.5. The molecule has 0 amide bonds. The molecule has 1 aromatic carbocycles. The van der Waals surface area contributed by atoms with Crippen molar-refractivity contribution in [3.8, 4) is 5.75 Å². The third kappa shape index (κ3) is 12.4. The van der Waals surface area contributed by atoms with Crippen LogP contribution in [0.25, 0.3) is 0 Å². The summed E-state index contributed by atoms with van der Waals surface area (Å²) in [6.45, 7) is 4.56. The normalized spacial score (nSPS) is 10.8. The molecule has 0 saturated heterocycles. The highest BCUT2D eigenvalue weighted by molar-refractivity contribution is 5.90. The molecule has 0 aliphatic heterocycles. The molecule has 6 heteroatoms. The van der Waals surface area contributed by atoms with E-state index in [0.717, 1.165) is 19.3 Å². The maximum Gasteiger partial charge on any atom is 0.339 e. The first kappa shape index (κ1) is 26.9. The Kier molecular flexibility index (Phi) is 15.3. The molecule has 0 N–H and O–H groups in total. The van der Waals surface area contributed by atoms with Crippen LogP contribution in [0.4, 0.5) is 5.69 Å². The van der Waals surface area contributed by atoms with E-state index in [1.807, 2.05) is 0 Å². The van der Waals surface area contributed by atoms with E-state index in [-0.39, 0.29) is 23.6 Å². The van der Waals surface area contributed by atoms with Crippen molar-refractivity contribution in [2.45, 2.75) is 104 Å². The summed E-state index contributed by atoms with van der Waals surface area (Å²) < 4.78 is 10.4. The van der Waals surface area contributed by atoms with Crippen LogP contribution in [0.15, 0.2) is 12.1 Å². The number of nitro benzene ring substituents is 1. The van der Waals surface area contributed by atoms with Crippen molar-refractivity contribution in [3.63, 3.8) is 0 Å². The van der Waals surface area contributed by atoms with Gasteiger partial charge in [0.2, 0.25) is 0 Å². The first-order chi connectivity index (χ1) is 15.1. The van der Waals surface area contributed by atoms with E-state index in [1.165, 1.54) is 82.8 Å². The number of esters is 1. The van der Waals surface area contributed by atoms with E-state index >= 15 is 0 Å². The minimum Gasteiger partial charge on any atom is -0.487 e. The largest absolute Gasteiger partial charge is 0.487 e. The number of benzene rings is 1. The molecule has 1 aromatic rings. The quantitative estimate of drug-likeness (QED) is 0.0978. The Hall–Kier alpha value is -2.11. The molecule has 1 rings (SSSR count). The highest BCUT2D eigenvalue weighted by Gasteiger charge is 2.19. The molecule has 0 aliphatic carbocycles. The Morgan fingerprint density at radius 2 is 1.42 bits per heavy atom. The van der Waals surface area contributed by atoms with Crippen LogP contribution in [0.5, 0.6) is 5.75 Å². The molecule has 0 spiro atoms. The number of nitro groups is 1. The van der Waals surface area contributed by atoms with Crippen molar-refractivity contribution in [3.05, 3.63) is 33.9 Å². The minimum atomic E-state index is -0.621. The number of hydrogen-bond acceptors (Lipinski definition) is 5. The molecule has 0 fully saturated rings. The van der Waals surface area contributed by atoms with Crippen molar-refractivity contribution in [1.29, 1.82) is 0 Å². The van der Waals surface area contributed by atoms with E-state index in [4.69, 9.17) is 9.47 Å². The van der Waals surface area contributed by atoms with E-state index < -0.39 is 10.9 Å². The Labute approximate surface area is 187 Å². The van der Waals surface area contributed by atoms with Gasteiger partial charge in [-0.3, -0.25) is 10.1 Å². The smallest absolute Gasteiger partial charge is 0.339 e. The average molecular weight is 435 g/mol. The fourth-order valence-corrected chi connectivity index (χ4v) is 3.53. The molecule has 0 heterocycles. The lowest BCUT2D eigenvalue weighted by atomic mass is 10.0. The number of carbonyl (C=O) groups excluding carboxylic acids is 1. The third-order valence-corrected chi connectivity index (χ3v) is 5.34. The number of rotatable bonds is 19. The SMILES string of the molecule is CCCCCCCCCCCCCCCCOc1c[c]c(C(=O)OCC)cc1[N+](=O)[O-]. The van der Waals surface area contributed by atoms with Gasteiger partial charge in [-0.2, -0.15) is 0 Å². The second kappa shape index (κ2) is 17.6. The molecule has 0 saturated carbocycles. The van der Waals surface area contributed by atoms with Gasteiger partial charge in [0, 0.05) is 12.1 Å². The van der Waals surface area contributed by atoms with Gasteiger partial charge in [0.05, 0.1) is 23.7 Å². The number of ether oxygens (including phenoxy) is 2. The standard InChI is InChI=1S/C25H40NO5/c1-3-5-6-7-8-9-10-11-12-13-14-15-16-17-20-31-24-19-18-22(25(27)30-4-2)21-23(24)26(28)29/h19,21H,3-17,20H2,1-2H3. The minimum absolute atomic E-state index is 0.0393. The van der Waals surface area contributed by atoms with Gasteiger partial charge in [0.25, 0.3) is 0 Å². The first-order valence-corrected chi connectivity index (χ1v) is 12.1. The number of unbranched alkanes of at least 4 members (excludes halogenated alkanes) is 13. The first-order valence-electron chi connectivity index (χ1n) is 12.1. The molecule has 6 nitrogen and oxygen atoms in total. The monoisotopic (exact) mass is 434 g/mol. The van der Waals surface area contributed by atoms with Crippen LogP contribution in [0, 0.1) is 16.2 Å². The Balaban J connectivity index is 2.11. The van der Waals surface area contributed by atoms with Gasteiger partial charge in [-0.05, 0) is 19.4 Å². The number of carbonyl (C=O) groups is 1. The molecule has 0 bridgehead atoms. The van der Waals surface area contributed by atoms with Gasteiger partial charge in [-0.25, -0.2) is 4.79 Å². The van der Waals surface area contributed by atoms with Gasteiger partial charge in [-0.15, -0.1) is 0 Å². The summed E-state index contributed by atoms with van der Waals surface area (Å²) in [5.41, 5.74) is -0.190. The van der Waals surface area contributed by atoms with Gasteiger partial charge < -0.3 is 9.47 Å². The Morgan fingerprint density at radius 1 is 0.903 bits per heavy atom. The van der Waals surface area contributed by atoms with Crippen LogP contribution in [-0.4, -0.2) is 24.1 Å². The molecule has 0 atom stereocenters. The highest BCUT2D eigenvalue weighted by atomic mass is 16.6. The molecule has 31 heavy (non-hydrogen) atoms. The third-order valence-electron chi connectivity index (χ3n) is 5.34. The Bertz CT molecular complexity index is 632. The zero-order valence-corrected chi connectivity index (χ0v) is 19.5. The lowest BCUT2D eigenvalue weighted by Crippen LogP contribution is -2.07. The molecular formula is C25H40NO5.